The summed E-state index contributed by atoms with van der Waals surface area (Å²) in [4.78, 5) is 12.0. The zero-order chi connectivity index (χ0) is 14.8. The highest BCUT2D eigenvalue weighted by Gasteiger charge is 2.21. The van der Waals surface area contributed by atoms with E-state index in [9.17, 15) is 9.90 Å². The summed E-state index contributed by atoms with van der Waals surface area (Å²) in [6.45, 7) is 0. The van der Waals surface area contributed by atoms with Crippen LogP contribution < -0.4 is 0 Å². The predicted octanol–water partition coefficient (Wildman–Crippen LogP) is 3.52. The van der Waals surface area contributed by atoms with Crippen molar-refractivity contribution in [3.8, 4) is 5.75 Å². The number of methoxy groups -OCH3 is 1. The lowest BCUT2D eigenvalue weighted by molar-refractivity contribution is 0.0600. The molecule has 4 nitrogen and oxygen atoms in total. The van der Waals surface area contributed by atoms with E-state index in [2.05, 4.69) is 0 Å². The van der Waals surface area contributed by atoms with Gasteiger partial charge in [0.25, 0.3) is 0 Å². The fraction of sp³-hybridized carbons (Fsp3) is 0.118. The van der Waals surface area contributed by atoms with Crippen LogP contribution in [-0.4, -0.2) is 18.2 Å². The summed E-state index contributed by atoms with van der Waals surface area (Å²) >= 11 is 0. The molecule has 0 bridgehead atoms. The zero-order valence-corrected chi connectivity index (χ0v) is 11.5. The second-order valence-corrected chi connectivity index (χ2v) is 4.69. The van der Waals surface area contributed by atoms with Crippen LogP contribution in [0.2, 0.25) is 0 Å². The first kappa shape index (κ1) is 13.2. The summed E-state index contributed by atoms with van der Waals surface area (Å²) in [6, 6.07) is 14.3. The molecule has 1 aromatic heterocycles. The number of esters is 1. The molecule has 0 unspecified atom stereocenters. The fourth-order valence-corrected chi connectivity index (χ4v) is 2.38. The molecule has 2 aromatic carbocycles. The van der Waals surface area contributed by atoms with Crippen LogP contribution in [0.25, 0.3) is 11.0 Å². The number of fused-ring (bicyclic) bond motifs is 1. The maximum absolute atomic E-state index is 12.0. The number of hydrogen-bond acceptors (Lipinski definition) is 4. The Hall–Kier alpha value is -2.75. The summed E-state index contributed by atoms with van der Waals surface area (Å²) in [6.07, 6.45) is 0.325. The van der Waals surface area contributed by atoms with Crippen LogP contribution in [-0.2, 0) is 11.2 Å². The molecular formula is C17H14O4. The molecule has 0 amide bonds. The minimum Gasteiger partial charge on any atom is -0.508 e. The van der Waals surface area contributed by atoms with Crippen molar-refractivity contribution in [2.75, 3.05) is 7.11 Å². The number of furan rings is 1. The van der Waals surface area contributed by atoms with Gasteiger partial charge < -0.3 is 14.3 Å². The molecule has 0 aliphatic carbocycles. The molecule has 1 heterocycles. The van der Waals surface area contributed by atoms with E-state index < -0.39 is 5.97 Å². The molecule has 3 rings (SSSR count). The van der Waals surface area contributed by atoms with Gasteiger partial charge in [-0.25, -0.2) is 4.79 Å². The predicted molar refractivity (Wildman–Crippen MR) is 78.5 cm³/mol. The molecular weight excluding hydrogens is 268 g/mol. The number of phenols is 1. The van der Waals surface area contributed by atoms with E-state index >= 15 is 0 Å². The Morgan fingerprint density at radius 2 is 1.86 bits per heavy atom. The molecule has 0 aliphatic heterocycles. The normalized spacial score (nSPS) is 10.7. The van der Waals surface area contributed by atoms with Gasteiger partial charge in [-0.3, -0.25) is 0 Å². The highest BCUT2D eigenvalue weighted by Crippen LogP contribution is 2.30. The van der Waals surface area contributed by atoms with E-state index in [-0.39, 0.29) is 5.75 Å². The molecule has 4 heteroatoms. The van der Waals surface area contributed by atoms with Gasteiger partial charge in [0, 0.05) is 17.4 Å². The molecule has 106 valence electrons. The van der Waals surface area contributed by atoms with E-state index in [1.165, 1.54) is 7.11 Å². The highest BCUT2D eigenvalue weighted by atomic mass is 16.5. The van der Waals surface area contributed by atoms with Crippen molar-refractivity contribution in [2.24, 2.45) is 0 Å². The van der Waals surface area contributed by atoms with Gasteiger partial charge in [0.15, 0.2) is 0 Å². The van der Waals surface area contributed by atoms with E-state index in [1.807, 2.05) is 24.3 Å². The van der Waals surface area contributed by atoms with Gasteiger partial charge in [-0.1, -0.05) is 36.4 Å². The Kier molecular flexibility index (Phi) is 3.36. The van der Waals surface area contributed by atoms with Gasteiger partial charge in [-0.2, -0.15) is 0 Å². The second-order valence-electron chi connectivity index (χ2n) is 4.69. The standard InChI is InChI=1S/C17H14O4/c1-20-17(19)16-12-7-3-5-9-14(12)21-15(16)10-11-6-2-4-8-13(11)18/h2-9,18H,10H2,1H3. The minimum atomic E-state index is -0.439. The summed E-state index contributed by atoms with van der Waals surface area (Å²) in [5.74, 6) is 0.226. The maximum Gasteiger partial charge on any atom is 0.342 e. The van der Waals surface area contributed by atoms with Gasteiger partial charge in [0.1, 0.15) is 22.7 Å². The zero-order valence-electron chi connectivity index (χ0n) is 11.5. The van der Waals surface area contributed by atoms with Crippen molar-refractivity contribution in [1.82, 2.24) is 0 Å². The van der Waals surface area contributed by atoms with Crippen LogP contribution in [0.5, 0.6) is 5.75 Å². The van der Waals surface area contributed by atoms with Gasteiger partial charge in [0.05, 0.1) is 7.11 Å². The molecule has 1 N–H and O–H groups in total. The lowest BCUT2D eigenvalue weighted by Crippen LogP contribution is -2.04. The van der Waals surface area contributed by atoms with Gasteiger partial charge >= 0.3 is 5.97 Å². The van der Waals surface area contributed by atoms with Crippen LogP contribution in [0.15, 0.2) is 52.9 Å². The van der Waals surface area contributed by atoms with Crippen LogP contribution in [0.1, 0.15) is 21.7 Å². The number of ether oxygens (including phenoxy) is 1. The van der Waals surface area contributed by atoms with Crippen LogP contribution >= 0.6 is 0 Å². The molecule has 0 spiro atoms. The van der Waals surface area contributed by atoms with E-state index in [4.69, 9.17) is 9.15 Å². The smallest absolute Gasteiger partial charge is 0.342 e. The summed E-state index contributed by atoms with van der Waals surface area (Å²) < 4.78 is 10.6. The molecule has 21 heavy (non-hydrogen) atoms. The summed E-state index contributed by atoms with van der Waals surface area (Å²) in [7, 11) is 1.34. The average molecular weight is 282 g/mol. The number of para-hydroxylation sites is 2. The first-order valence-corrected chi connectivity index (χ1v) is 6.56. The van der Waals surface area contributed by atoms with E-state index in [0.29, 0.717) is 28.9 Å². The lowest BCUT2D eigenvalue weighted by atomic mass is 10.0. The van der Waals surface area contributed by atoms with Crippen molar-refractivity contribution in [2.45, 2.75) is 6.42 Å². The summed E-state index contributed by atoms with van der Waals surface area (Å²) in [5.41, 5.74) is 1.74. The van der Waals surface area contributed by atoms with Crippen molar-refractivity contribution >= 4 is 16.9 Å². The second kappa shape index (κ2) is 5.32. The Morgan fingerprint density at radius 1 is 1.14 bits per heavy atom. The Bertz CT molecular complexity index is 801. The van der Waals surface area contributed by atoms with Crippen molar-refractivity contribution in [3.63, 3.8) is 0 Å². The monoisotopic (exact) mass is 282 g/mol. The number of rotatable bonds is 3. The van der Waals surface area contributed by atoms with E-state index in [0.717, 1.165) is 5.39 Å². The third-order valence-corrected chi connectivity index (χ3v) is 3.40. The first-order chi connectivity index (χ1) is 10.2. The topological polar surface area (TPSA) is 59.7 Å². The summed E-state index contributed by atoms with van der Waals surface area (Å²) in [5, 5.41) is 10.6. The van der Waals surface area contributed by atoms with Crippen molar-refractivity contribution < 1.29 is 19.1 Å². The molecule has 3 aromatic rings. The number of carbonyl (C=O) groups excluding carboxylic acids is 1. The van der Waals surface area contributed by atoms with Crippen LogP contribution in [0.3, 0.4) is 0 Å². The van der Waals surface area contributed by atoms with Crippen molar-refractivity contribution in [1.29, 1.82) is 0 Å². The Labute approximate surface area is 121 Å². The van der Waals surface area contributed by atoms with Gasteiger partial charge in [-0.15, -0.1) is 0 Å². The average Bonchev–Trinajstić information content (AvgIpc) is 2.87. The molecule has 0 atom stereocenters. The van der Waals surface area contributed by atoms with Gasteiger partial charge in [0.2, 0.25) is 0 Å². The SMILES string of the molecule is COC(=O)c1c(Cc2ccccc2O)oc2ccccc12. The molecule has 0 aliphatic rings. The quantitative estimate of drug-likeness (QED) is 0.747. The van der Waals surface area contributed by atoms with Crippen LogP contribution in [0.4, 0.5) is 0 Å². The van der Waals surface area contributed by atoms with Gasteiger partial charge in [-0.05, 0) is 12.1 Å². The third-order valence-electron chi connectivity index (χ3n) is 3.40. The molecule has 0 saturated carbocycles. The number of aromatic hydroxyl groups is 1. The molecule has 0 radical (unpaired) electrons. The Morgan fingerprint density at radius 3 is 2.62 bits per heavy atom. The molecule has 0 fully saturated rings. The Balaban J connectivity index is 2.13. The molecule has 0 saturated heterocycles. The largest absolute Gasteiger partial charge is 0.508 e. The fourth-order valence-electron chi connectivity index (χ4n) is 2.38. The van der Waals surface area contributed by atoms with Crippen LogP contribution in [0, 0.1) is 0 Å². The lowest BCUT2D eigenvalue weighted by Gasteiger charge is -2.04. The number of hydrogen-bond donors (Lipinski definition) is 1. The highest BCUT2D eigenvalue weighted by molar-refractivity contribution is 6.04. The minimum absolute atomic E-state index is 0.175. The number of carbonyl (C=O) groups is 1. The maximum atomic E-state index is 12.0. The number of benzene rings is 2. The third kappa shape index (κ3) is 2.36. The van der Waals surface area contributed by atoms with E-state index in [1.54, 1.807) is 24.3 Å². The van der Waals surface area contributed by atoms with Crippen molar-refractivity contribution in [3.05, 3.63) is 65.4 Å². The first-order valence-electron chi connectivity index (χ1n) is 6.56. The number of phenolic OH excluding ortho intramolecular Hbond substituents is 1.